The minimum absolute atomic E-state index is 0.120. The molecule has 1 unspecified atom stereocenters. The number of methoxy groups -OCH3 is 2. The van der Waals surface area contributed by atoms with E-state index >= 15 is 0 Å². The number of hydrogen-bond donors (Lipinski definition) is 2. The number of benzene rings is 1. The third-order valence-electron chi connectivity index (χ3n) is 3.14. The van der Waals surface area contributed by atoms with Crippen LogP contribution < -0.4 is 14.8 Å². The van der Waals surface area contributed by atoms with Crippen molar-refractivity contribution in [3.63, 3.8) is 0 Å². The summed E-state index contributed by atoms with van der Waals surface area (Å²) in [6.07, 6.45) is -0.385. The van der Waals surface area contributed by atoms with Crippen LogP contribution in [-0.4, -0.2) is 32.0 Å². The summed E-state index contributed by atoms with van der Waals surface area (Å²) in [4.78, 5) is 0. The Kier molecular flexibility index (Phi) is 5.63. The van der Waals surface area contributed by atoms with E-state index in [1.807, 2.05) is 39.0 Å². The second-order valence-electron chi connectivity index (χ2n) is 5.67. The van der Waals surface area contributed by atoms with E-state index in [0.29, 0.717) is 13.1 Å². The van der Waals surface area contributed by atoms with Gasteiger partial charge in [-0.05, 0) is 11.5 Å². The maximum Gasteiger partial charge on any atom is 0.165 e. The molecule has 0 saturated heterocycles. The first kappa shape index (κ1) is 15.8. The maximum absolute atomic E-state index is 9.97. The number of nitrogens with one attached hydrogen (secondary N) is 1. The van der Waals surface area contributed by atoms with Crippen molar-refractivity contribution in [2.45, 2.75) is 33.4 Å². The summed E-state index contributed by atoms with van der Waals surface area (Å²) < 4.78 is 10.6. The standard InChI is InChI=1S/C15H25NO3/c1-15(2,3)13(17)10-16-9-11-7-6-8-12(18-4)14(11)19-5/h6-8,13,16-17H,9-10H2,1-5H3. The van der Waals surface area contributed by atoms with Gasteiger partial charge in [0.15, 0.2) is 11.5 Å². The van der Waals surface area contributed by atoms with Gasteiger partial charge in [0.2, 0.25) is 0 Å². The predicted molar refractivity (Wildman–Crippen MR) is 76.7 cm³/mol. The van der Waals surface area contributed by atoms with E-state index in [0.717, 1.165) is 17.1 Å². The Labute approximate surface area is 115 Å². The average Bonchev–Trinajstić information content (AvgIpc) is 2.37. The number of ether oxygens (including phenoxy) is 2. The lowest BCUT2D eigenvalue weighted by atomic mass is 9.89. The SMILES string of the molecule is COc1cccc(CNCC(O)C(C)(C)C)c1OC. The monoisotopic (exact) mass is 267 g/mol. The van der Waals surface area contributed by atoms with Crippen LogP contribution in [0.15, 0.2) is 18.2 Å². The summed E-state index contributed by atoms with van der Waals surface area (Å²) in [6, 6.07) is 5.78. The zero-order valence-electron chi connectivity index (χ0n) is 12.5. The van der Waals surface area contributed by atoms with Gasteiger partial charge < -0.3 is 19.9 Å². The van der Waals surface area contributed by atoms with Gasteiger partial charge in [-0.2, -0.15) is 0 Å². The Morgan fingerprint density at radius 2 is 1.89 bits per heavy atom. The smallest absolute Gasteiger partial charge is 0.165 e. The van der Waals surface area contributed by atoms with E-state index in [1.54, 1.807) is 14.2 Å². The van der Waals surface area contributed by atoms with Crippen LogP contribution >= 0.6 is 0 Å². The molecule has 0 radical (unpaired) electrons. The van der Waals surface area contributed by atoms with Crippen molar-refractivity contribution >= 4 is 0 Å². The van der Waals surface area contributed by atoms with Crippen LogP contribution in [0.1, 0.15) is 26.3 Å². The summed E-state index contributed by atoms with van der Waals surface area (Å²) in [5, 5.41) is 13.2. The van der Waals surface area contributed by atoms with Crippen molar-refractivity contribution in [3.05, 3.63) is 23.8 Å². The second-order valence-corrected chi connectivity index (χ2v) is 5.67. The van der Waals surface area contributed by atoms with Crippen LogP contribution in [0.2, 0.25) is 0 Å². The quantitative estimate of drug-likeness (QED) is 0.829. The van der Waals surface area contributed by atoms with Crippen molar-refractivity contribution in [2.24, 2.45) is 5.41 Å². The molecular formula is C15H25NO3. The van der Waals surface area contributed by atoms with Crippen LogP contribution in [-0.2, 0) is 6.54 Å². The van der Waals surface area contributed by atoms with E-state index in [2.05, 4.69) is 5.32 Å². The van der Waals surface area contributed by atoms with Gasteiger partial charge in [-0.3, -0.25) is 0 Å². The highest BCUT2D eigenvalue weighted by atomic mass is 16.5. The molecule has 0 aromatic heterocycles. The van der Waals surface area contributed by atoms with E-state index in [1.165, 1.54) is 0 Å². The Bertz CT molecular complexity index is 399. The fraction of sp³-hybridized carbons (Fsp3) is 0.600. The normalized spacial score (nSPS) is 13.2. The lowest BCUT2D eigenvalue weighted by molar-refractivity contribution is 0.0627. The Balaban J connectivity index is 2.63. The summed E-state index contributed by atoms with van der Waals surface area (Å²) in [5.74, 6) is 1.46. The number of aliphatic hydroxyl groups excluding tert-OH is 1. The number of rotatable bonds is 6. The Morgan fingerprint density at radius 1 is 1.21 bits per heavy atom. The highest BCUT2D eigenvalue weighted by Crippen LogP contribution is 2.30. The fourth-order valence-corrected chi connectivity index (χ4v) is 1.74. The lowest BCUT2D eigenvalue weighted by Crippen LogP contribution is -2.36. The first-order valence-corrected chi connectivity index (χ1v) is 6.48. The molecule has 0 aliphatic rings. The minimum Gasteiger partial charge on any atom is -0.493 e. The molecule has 19 heavy (non-hydrogen) atoms. The molecule has 1 aromatic carbocycles. The van der Waals surface area contributed by atoms with Crippen molar-refractivity contribution in [1.82, 2.24) is 5.32 Å². The fourth-order valence-electron chi connectivity index (χ4n) is 1.74. The number of hydrogen-bond acceptors (Lipinski definition) is 4. The van der Waals surface area contributed by atoms with Crippen molar-refractivity contribution in [1.29, 1.82) is 0 Å². The molecule has 1 atom stereocenters. The molecule has 0 heterocycles. The zero-order valence-corrected chi connectivity index (χ0v) is 12.5. The van der Waals surface area contributed by atoms with Gasteiger partial charge in [0.05, 0.1) is 20.3 Å². The molecule has 0 aliphatic carbocycles. The molecule has 0 aliphatic heterocycles. The van der Waals surface area contributed by atoms with Gasteiger partial charge in [-0.1, -0.05) is 32.9 Å². The first-order chi connectivity index (χ1) is 8.90. The van der Waals surface area contributed by atoms with Crippen LogP contribution in [0.4, 0.5) is 0 Å². The maximum atomic E-state index is 9.97. The zero-order chi connectivity index (χ0) is 14.5. The van der Waals surface area contributed by atoms with Gasteiger partial charge in [0.1, 0.15) is 0 Å². The van der Waals surface area contributed by atoms with E-state index in [4.69, 9.17) is 9.47 Å². The van der Waals surface area contributed by atoms with Crippen LogP contribution in [0, 0.1) is 5.41 Å². The van der Waals surface area contributed by atoms with Crippen LogP contribution in [0.25, 0.3) is 0 Å². The number of para-hydroxylation sites is 1. The highest BCUT2D eigenvalue weighted by Gasteiger charge is 2.21. The number of aliphatic hydroxyl groups is 1. The van der Waals surface area contributed by atoms with Crippen molar-refractivity contribution in [2.75, 3.05) is 20.8 Å². The van der Waals surface area contributed by atoms with Gasteiger partial charge >= 0.3 is 0 Å². The first-order valence-electron chi connectivity index (χ1n) is 6.48. The predicted octanol–water partition coefficient (Wildman–Crippen LogP) is 2.20. The summed E-state index contributed by atoms with van der Waals surface area (Å²) in [7, 11) is 3.25. The third-order valence-corrected chi connectivity index (χ3v) is 3.14. The molecule has 0 bridgehead atoms. The van der Waals surface area contributed by atoms with Crippen molar-refractivity contribution in [3.8, 4) is 11.5 Å². The van der Waals surface area contributed by atoms with Crippen LogP contribution in [0.5, 0.6) is 11.5 Å². The van der Waals surface area contributed by atoms with Crippen LogP contribution in [0.3, 0.4) is 0 Å². The molecule has 4 heteroatoms. The van der Waals surface area contributed by atoms with E-state index < -0.39 is 0 Å². The molecule has 1 aromatic rings. The molecule has 0 amide bonds. The average molecular weight is 267 g/mol. The molecule has 108 valence electrons. The Hall–Kier alpha value is -1.26. The largest absolute Gasteiger partial charge is 0.493 e. The molecule has 0 spiro atoms. The summed E-state index contributed by atoms with van der Waals surface area (Å²) in [5.41, 5.74) is 0.897. The van der Waals surface area contributed by atoms with E-state index in [9.17, 15) is 5.11 Å². The molecule has 0 saturated carbocycles. The third kappa shape index (κ3) is 4.40. The van der Waals surface area contributed by atoms with E-state index in [-0.39, 0.29) is 11.5 Å². The van der Waals surface area contributed by atoms with Gasteiger partial charge in [0.25, 0.3) is 0 Å². The highest BCUT2D eigenvalue weighted by molar-refractivity contribution is 5.46. The molecular weight excluding hydrogens is 242 g/mol. The molecule has 1 rings (SSSR count). The van der Waals surface area contributed by atoms with Gasteiger partial charge in [-0.25, -0.2) is 0 Å². The van der Waals surface area contributed by atoms with Gasteiger partial charge in [0, 0.05) is 18.7 Å². The lowest BCUT2D eigenvalue weighted by Gasteiger charge is -2.26. The van der Waals surface area contributed by atoms with Crippen molar-refractivity contribution < 1.29 is 14.6 Å². The molecule has 0 fully saturated rings. The topological polar surface area (TPSA) is 50.7 Å². The minimum atomic E-state index is -0.385. The summed E-state index contributed by atoms with van der Waals surface area (Å²) in [6.45, 7) is 7.24. The molecule has 4 nitrogen and oxygen atoms in total. The summed E-state index contributed by atoms with van der Waals surface area (Å²) >= 11 is 0. The second kappa shape index (κ2) is 6.78. The molecule has 2 N–H and O–H groups in total. The Morgan fingerprint density at radius 3 is 2.42 bits per heavy atom. The van der Waals surface area contributed by atoms with Gasteiger partial charge in [-0.15, -0.1) is 0 Å².